The van der Waals surface area contributed by atoms with E-state index in [2.05, 4.69) is 36.4 Å². The van der Waals surface area contributed by atoms with Gasteiger partial charge in [-0.3, -0.25) is 9.78 Å². The van der Waals surface area contributed by atoms with Crippen LogP contribution in [0.4, 0.5) is 5.69 Å². The van der Waals surface area contributed by atoms with Crippen LogP contribution >= 0.6 is 0 Å². The second-order valence-electron chi connectivity index (χ2n) is 4.87. The fourth-order valence-corrected chi connectivity index (χ4v) is 1.33. The lowest BCUT2D eigenvalue weighted by Crippen LogP contribution is -2.33. The van der Waals surface area contributed by atoms with E-state index in [4.69, 9.17) is 0 Å². The number of nitrogens with zero attached hydrogens (tertiary/aromatic N) is 1. The molecule has 1 rings (SSSR count). The van der Waals surface area contributed by atoms with E-state index in [9.17, 15) is 4.79 Å². The van der Waals surface area contributed by atoms with Crippen LogP contribution in [0.15, 0.2) is 18.5 Å². The maximum absolute atomic E-state index is 12.0. The van der Waals surface area contributed by atoms with Crippen LogP contribution in [0.1, 0.15) is 37.6 Å². The minimum atomic E-state index is -0.0572. The van der Waals surface area contributed by atoms with Crippen molar-refractivity contribution in [2.24, 2.45) is 5.41 Å². The van der Waals surface area contributed by atoms with Crippen molar-refractivity contribution >= 4 is 11.6 Å². The van der Waals surface area contributed by atoms with Crippen LogP contribution in [-0.4, -0.2) is 24.5 Å². The maximum Gasteiger partial charge on any atom is 0.253 e. The number of hydrogen-bond acceptors (Lipinski definition) is 3. The summed E-state index contributed by atoms with van der Waals surface area (Å²) in [6, 6.07) is 1.72. The molecule has 4 nitrogen and oxygen atoms in total. The van der Waals surface area contributed by atoms with Crippen molar-refractivity contribution in [3.05, 3.63) is 24.0 Å². The molecule has 4 heteroatoms. The van der Waals surface area contributed by atoms with Gasteiger partial charge in [0.25, 0.3) is 5.91 Å². The van der Waals surface area contributed by atoms with Crippen molar-refractivity contribution in [3.63, 3.8) is 0 Å². The Morgan fingerprint density at radius 2 is 2.18 bits per heavy atom. The Labute approximate surface area is 103 Å². The molecule has 0 aromatic carbocycles. The molecule has 1 amide bonds. The normalized spacial score (nSPS) is 11.1. The molecule has 0 unspecified atom stereocenters. The van der Waals surface area contributed by atoms with Crippen molar-refractivity contribution in [2.45, 2.75) is 27.2 Å². The predicted molar refractivity (Wildman–Crippen MR) is 70.2 cm³/mol. The van der Waals surface area contributed by atoms with Gasteiger partial charge >= 0.3 is 0 Å². The molecule has 0 aliphatic heterocycles. The second-order valence-corrected chi connectivity index (χ2v) is 4.87. The Kier molecular flexibility index (Phi) is 4.49. The number of hydrogen-bond donors (Lipinski definition) is 2. The summed E-state index contributed by atoms with van der Waals surface area (Å²) < 4.78 is 0. The van der Waals surface area contributed by atoms with Gasteiger partial charge in [0.05, 0.1) is 17.4 Å². The number of rotatable bonds is 5. The van der Waals surface area contributed by atoms with Gasteiger partial charge in [-0.1, -0.05) is 20.8 Å². The van der Waals surface area contributed by atoms with Gasteiger partial charge in [-0.15, -0.1) is 0 Å². The first-order chi connectivity index (χ1) is 8.00. The fourth-order valence-electron chi connectivity index (χ4n) is 1.33. The summed E-state index contributed by atoms with van der Waals surface area (Å²) >= 11 is 0. The minimum Gasteiger partial charge on any atom is -0.386 e. The Balaban J connectivity index is 2.70. The molecule has 1 aromatic rings. The summed E-state index contributed by atoms with van der Waals surface area (Å²) in [7, 11) is 1.78. The molecule has 1 heterocycles. The lowest BCUT2D eigenvalue weighted by Gasteiger charge is -2.23. The standard InChI is InChI=1S/C13H21N3O/c1-5-13(2,3)9-16-12(17)10-6-7-15-8-11(10)14-4/h6-8,14H,5,9H2,1-4H3,(H,16,17). The number of aromatic nitrogens is 1. The molecule has 0 radical (unpaired) electrons. The number of nitrogens with one attached hydrogen (secondary N) is 2. The number of anilines is 1. The molecule has 0 aliphatic rings. The molecule has 0 atom stereocenters. The molecular formula is C13H21N3O. The molecule has 0 spiro atoms. The zero-order valence-corrected chi connectivity index (χ0v) is 11.0. The zero-order chi connectivity index (χ0) is 12.9. The van der Waals surface area contributed by atoms with E-state index in [-0.39, 0.29) is 11.3 Å². The van der Waals surface area contributed by atoms with Gasteiger partial charge in [0, 0.05) is 19.8 Å². The number of carbonyl (C=O) groups is 1. The molecule has 0 aliphatic carbocycles. The second kappa shape index (κ2) is 5.66. The van der Waals surface area contributed by atoms with Crippen molar-refractivity contribution in [2.75, 3.05) is 18.9 Å². The smallest absolute Gasteiger partial charge is 0.253 e. The highest BCUT2D eigenvalue weighted by atomic mass is 16.1. The van der Waals surface area contributed by atoms with Crippen molar-refractivity contribution in [1.29, 1.82) is 0 Å². The third-order valence-electron chi connectivity index (χ3n) is 3.02. The monoisotopic (exact) mass is 235 g/mol. The Hall–Kier alpha value is -1.58. The first kappa shape index (κ1) is 13.5. The number of carbonyl (C=O) groups excluding carboxylic acids is 1. The topological polar surface area (TPSA) is 54.0 Å². The van der Waals surface area contributed by atoms with Crippen molar-refractivity contribution in [3.8, 4) is 0 Å². The SMILES string of the molecule is CCC(C)(C)CNC(=O)c1ccncc1NC. The van der Waals surface area contributed by atoms with Gasteiger partial charge in [0.1, 0.15) is 0 Å². The number of amides is 1. The Morgan fingerprint density at radius 3 is 2.76 bits per heavy atom. The first-order valence-electron chi connectivity index (χ1n) is 5.90. The highest BCUT2D eigenvalue weighted by Gasteiger charge is 2.17. The summed E-state index contributed by atoms with van der Waals surface area (Å²) in [5.41, 5.74) is 1.51. The molecule has 1 aromatic heterocycles. The lowest BCUT2D eigenvalue weighted by molar-refractivity contribution is 0.0936. The average molecular weight is 235 g/mol. The lowest BCUT2D eigenvalue weighted by atomic mass is 9.90. The van der Waals surface area contributed by atoms with E-state index in [0.717, 1.165) is 12.1 Å². The van der Waals surface area contributed by atoms with Crippen LogP contribution in [0.2, 0.25) is 0 Å². The zero-order valence-electron chi connectivity index (χ0n) is 11.0. The van der Waals surface area contributed by atoms with Crippen LogP contribution in [0.25, 0.3) is 0 Å². The predicted octanol–water partition coefficient (Wildman–Crippen LogP) is 2.29. The van der Waals surface area contributed by atoms with Crippen LogP contribution < -0.4 is 10.6 Å². The van der Waals surface area contributed by atoms with Crippen molar-refractivity contribution < 1.29 is 4.79 Å². The van der Waals surface area contributed by atoms with Gasteiger partial charge < -0.3 is 10.6 Å². The summed E-state index contributed by atoms with van der Waals surface area (Å²) in [6.45, 7) is 7.07. The molecule has 94 valence electrons. The van der Waals surface area contributed by atoms with E-state index in [1.807, 2.05) is 0 Å². The first-order valence-corrected chi connectivity index (χ1v) is 5.90. The third-order valence-corrected chi connectivity index (χ3v) is 3.02. The Morgan fingerprint density at radius 1 is 1.47 bits per heavy atom. The van der Waals surface area contributed by atoms with Gasteiger partial charge in [0.15, 0.2) is 0 Å². The minimum absolute atomic E-state index is 0.0572. The quantitative estimate of drug-likeness (QED) is 0.823. The molecule has 0 saturated heterocycles. The van der Waals surface area contributed by atoms with Gasteiger partial charge in [0.2, 0.25) is 0 Å². The maximum atomic E-state index is 12.0. The van der Waals surface area contributed by atoms with E-state index in [0.29, 0.717) is 12.1 Å². The molecule has 0 saturated carbocycles. The highest BCUT2D eigenvalue weighted by molar-refractivity contribution is 5.99. The molecule has 17 heavy (non-hydrogen) atoms. The van der Waals surface area contributed by atoms with Crippen LogP contribution in [-0.2, 0) is 0 Å². The molecule has 0 fully saturated rings. The van der Waals surface area contributed by atoms with Crippen LogP contribution in [0.5, 0.6) is 0 Å². The highest BCUT2D eigenvalue weighted by Crippen LogP contribution is 2.18. The van der Waals surface area contributed by atoms with Crippen LogP contribution in [0.3, 0.4) is 0 Å². The summed E-state index contributed by atoms with van der Waals surface area (Å²) in [6.07, 6.45) is 4.31. The Bertz CT molecular complexity index is 388. The van der Waals surface area contributed by atoms with Crippen LogP contribution in [0, 0.1) is 5.41 Å². The van der Waals surface area contributed by atoms with Gasteiger partial charge in [-0.05, 0) is 17.9 Å². The largest absolute Gasteiger partial charge is 0.386 e. The van der Waals surface area contributed by atoms with Crippen molar-refractivity contribution in [1.82, 2.24) is 10.3 Å². The average Bonchev–Trinajstić information content (AvgIpc) is 2.36. The van der Waals surface area contributed by atoms with Gasteiger partial charge in [-0.25, -0.2) is 0 Å². The molecular weight excluding hydrogens is 214 g/mol. The summed E-state index contributed by atoms with van der Waals surface area (Å²) in [5.74, 6) is -0.0572. The third kappa shape index (κ3) is 3.73. The summed E-state index contributed by atoms with van der Waals surface area (Å²) in [4.78, 5) is 16.0. The van der Waals surface area contributed by atoms with E-state index in [1.165, 1.54) is 0 Å². The molecule has 2 N–H and O–H groups in total. The molecule has 0 bridgehead atoms. The number of pyridine rings is 1. The van der Waals surface area contributed by atoms with E-state index in [1.54, 1.807) is 25.5 Å². The van der Waals surface area contributed by atoms with E-state index >= 15 is 0 Å². The van der Waals surface area contributed by atoms with Gasteiger partial charge in [-0.2, -0.15) is 0 Å². The summed E-state index contributed by atoms with van der Waals surface area (Å²) in [5, 5.41) is 5.92. The van der Waals surface area contributed by atoms with E-state index < -0.39 is 0 Å². The fraction of sp³-hybridized carbons (Fsp3) is 0.538.